The molecule has 0 bridgehead atoms. The standard InChI is InChI=1S/C19H19N3OS/c1-3-20-17-12(2)6-4-7-13(17)10-22-11-21-18-16(19(22)23)14-8-5-9-15(14)24-18/h3-4,6-7,11H,5,8-10H2,1-2H3. The normalized spacial score (nSPS) is 13.9. The number of thiophene rings is 1. The van der Waals surface area contributed by atoms with Gasteiger partial charge >= 0.3 is 0 Å². The number of nitrogens with zero attached hydrogens (tertiary/aromatic N) is 3. The smallest absolute Gasteiger partial charge is 0.262 e. The Morgan fingerprint density at radius 1 is 1.38 bits per heavy atom. The number of aryl methyl sites for hydroxylation is 3. The first kappa shape index (κ1) is 15.3. The lowest BCUT2D eigenvalue weighted by Crippen LogP contribution is -2.21. The van der Waals surface area contributed by atoms with Gasteiger partial charge in [0.2, 0.25) is 0 Å². The number of fused-ring (bicyclic) bond motifs is 3. The summed E-state index contributed by atoms with van der Waals surface area (Å²) in [5.41, 5.74) is 4.42. The van der Waals surface area contributed by atoms with Gasteiger partial charge in [0.05, 0.1) is 23.9 Å². The van der Waals surface area contributed by atoms with E-state index in [0.717, 1.165) is 46.3 Å². The molecule has 3 aromatic rings. The Labute approximate surface area is 144 Å². The van der Waals surface area contributed by atoms with Crippen LogP contribution in [0.1, 0.15) is 34.9 Å². The van der Waals surface area contributed by atoms with Gasteiger partial charge in [-0.1, -0.05) is 18.2 Å². The van der Waals surface area contributed by atoms with E-state index in [4.69, 9.17) is 0 Å². The average Bonchev–Trinajstić information content (AvgIpc) is 3.14. The van der Waals surface area contributed by atoms with E-state index in [-0.39, 0.29) is 5.56 Å². The monoisotopic (exact) mass is 337 g/mol. The third-order valence-electron chi connectivity index (χ3n) is 4.61. The van der Waals surface area contributed by atoms with Crippen molar-refractivity contribution in [1.82, 2.24) is 9.55 Å². The fraction of sp³-hybridized carbons (Fsp3) is 0.316. The van der Waals surface area contributed by atoms with E-state index in [0.29, 0.717) is 6.54 Å². The van der Waals surface area contributed by atoms with Crippen molar-refractivity contribution in [3.63, 3.8) is 0 Å². The second-order valence-electron chi connectivity index (χ2n) is 6.19. The van der Waals surface area contributed by atoms with Crippen molar-refractivity contribution in [3.8, 4) is 0 Å². The molecular formula is C19H19N3OS. The van der Waals surface area contributed by atoms with Crippen LogP contribution in [0.2, 0.25) is 0 Å². The Morgan fingerprint density at radius 2 is 2.25 bits per heavy atom. The zero-order valence-corrected chi connectivity index (χ0v) is 14.7. The van der Waals surface area contributed by atoms with E-state index < -0.39 is 0 Å². The molecule has 0 aliphatic heterocycles. The maximum Gasteiger partial charge on any atom is 0.262 e. The third kappa shape index (κ3) is 2.40. The van der Waals surface area contributed by atoms with Crippen LogP contribution in [0.15, 0.2) is 34.3 Å². The number of benzene rings is 1. The lowest BCUT2D eigenvalue weighted by atomic mass is 10.1. The third-order valence-corrected chi connectivity index (χ3v) is 5.81. The van der Waals surface area contributed by atoms with E-state index in [1.807, 2.05) is 32.0 Å². The predicted octanol–water partition coefficient (Wildman–Crippen LogP) is 4.03. The second-order valence-corrected chi connectivity index (χ2v) is 7.27. The number of aromatic nitrogens is 2. The summed E-state index contributed by atoms with van der Waals surface area (Å²) in [4.78, 5) is 24.3. The molecule has 0 saturated carbocycles. The van der Waals surface area contributed by atoms with Gasteiger partial charge < -0.3 is 0 Å². The highest BCUT2D eigenvalue weighted by molar-refractivity contribution is 7.18. The van der Waals surface area contributed by atoms with Gasteiger partial charge in [0.15, 0.2) is 0 Å². The summed E-state index contributed by atoms with van der Waals surface area (Å²) in [5.74, 6) is 0. The average molecular weight is 337 g/mol. The molecule has 0 spiro atoms. The summed E-state index contributed by atoms with van der Waals surface area (Å²) in [5, 5.41) is 0.836. The maximum absolute atomic E-state index is 13.0. The number of hydrogen-bond donors (Lipinski definition) is 0. The van der Waals surface area contributed by atoms with Gasteiger partial charge in [0.25, 0.3) is 5.56 Å². The molecule has 0 radical (unpaired) electrons. The zero-order valence-electron chi connectivity index (χ0n) is 13.9. The van der Waals surface area contributed by atoms with Crippen molar-refractivity contribution >= 4 is 33.5 Å². The number of para-hydroxylation sites is 1. The Hall–Kier alpha value is -2.27. The van der Waals surface area contributed by atoms with Crippen LogP contribution in [0.25, 0.3) is 10.2 Å². The molecule has 5 heteroatoms. The van der Waals surface area contributed by atoms with Crippen molar-refractivity contribution in [2.45, 2.75) is 39.7 Å². The van der Waals surface area contributed by atoms with E-state index >= 15 is 0 Å². The van der Waals surface area contributed by atoms with Gasteiger partial charge in [-0.25, -0.2) is 4.98 Å². The maximum atomic E-state index is 13.0. The lowest BCUT2D eigenvalue weighted by Gasteiger charge is -2.10. The van der Waals surface area contributed by atoms with Gasteiger partial charge in [-0.2, -0.15) is 0 Å². The van der Waals surface area contributed by atoms with Crippen molar-refractivity contribution in [2.24, 2.45) is 4.99 Å². The SMILES string of the molecule is CC=Nc1c(C)cccc1Cn1cnc2sc3c(c2c1=O)CCC3. The van der Waals surface area contributed by atoms with Crippen molar-refractivity contribution in [1.29, 1.82) is 0 Å². The summed E-state index contributed by atoms with van der Waals surface area (Å²) in [6.45, 7) is 4.45. The molecule has 0 fully saturated rings. The molecule has 2 aromatic heterocycles. The highest BCUT2D eigenvalue weighted by Gasteiger charge is 2.21. The quantitative estimate of drug-likeness (QED) is 0.678. The van der Waals surface area contributed by atoms with Gasteiger partial charge in [-0.15, -0.1) is 11.3 Å². The molecule has 24 heavy (non-hydrogen) atoms. The molecule has 4 nitrogen and oxygen atoms in total. The van der Waals surface area contributed by atoms with Crippen LogP contribution >= 0.6 is 11.3 Å². The molecule has 1 aliphatic rings. The summed E-state index contributed by atoms with van der Waals surface area (Å²) >= 11 is 1.68. The Kier molecular flexibility index (Phi) is 3.81. The van der Waals surface area contributed by atoms with E-state index in [9.17, 15) is 4.79 Å². The molecule has 4 rings (SSSR count). The second kappa shape index (κ2) is 5.98. The van der Waals surface area contributed by atoms with Crippen molar-refractivity contribution in [2.75, 3.05) is 0 Å². The molecule has 0 N–H and O–H groups in total. The van der Waals surface area contributed by atoms with Crippen LogP contribution in [0.5, 0.6) is 0 Å². The largest absolute Gasteiger partial charge is 0.294 e. The molecular weight excluding hydrogens is 318 g/mol. The number of aliphatic imine (C=N–C) groups is 1. The van der Waals surface area contributed by atoms with E-state index in [1.165, 1.54) is 10.4 Å². The van der Waals surface area contributed by atoms with Crippen LogP contribution in [-0.4, -0.2) is 15.8 Å². The van der Waals surface area contributed by atoms with Gasteiger partial charge in [-0.3, -0.25) is 14.4 Å². The highest BCUT2D eigenvalue weighted by Crippen LogP contribution is 2.34. The molecule has 0 atom stereocenters. The fourth-order valence-electron chi connectivity index (χ4n) is 3.48. The predicted molar refractivity (Wildman–Crippen MR) is 100 cm³/mol. The molecule has 1 aromatic carbocycles. The van der Waals surface area contributed by atoms with Gasteiger partial charge in [-0.05, 0) is 49.8 Å². The minimum Gasteiger partial charge on any atom is -0.294 e. The highest BCUT2D eigenvalue weighted by atomic mass is 32.1. The van der Waals surface area contributed by atoms with Gasteiger partial charge in [0.1, 0.15) is 4.83 Å². The topological polar surface area (TPSA) is 47.2 Å². The number of hydrogen-bond acceptors (Lipinski definition) is 4. The van der Waals surface area contributed by atoms with Gasteiger partial charge in [0, 0.05) is 11.1 Å². The molecule has 2 heterocycles. The zero-order chi connectivity index (χ0) is 16.7. The first-order valence-corrected chi connectivity index (χ1v) is 9.07. The first-order chi connectivity index (χ1) is 11.7. The van der Waals surface area contributed by atoms with Crippen LogP contribution < -0.4 is 5.56 Å². The van der Waals surface area contributed by atoms with E-state index in [1.54, 1.807) is 28.4 Å². The first-order valence-electron chi connectivity index (χ1n) is 8.26. The summed E-state index contributed by atoms with van der Waals surface area (Å²) in [6.07, 6.45) is 6.72. The lowest BCUT2D eigenvalue weighted by molar-refractivity contribution is 0.748. The minimum atomic E-state index is 0.0762. The van der Waals surface area contributed by atoms with Crippen LogP contribution in [0.4, 0.5) is 5.69 Å². The Bertz CT molecular complexity index is 1010. The molecule has 0 unspecified atom stereocenters. The number of rotatable bonds is 3. The van der Waals surface area contributed by atoms with Crippen LogP contribution in [-0.2, 0) is 19.4 Å². The van der Waals surface area contributed by atoms with Crippen LogP contribution in [0, 0.1) is 6.92 Å². The fourth-order valence-corrected chi connectivity index (χ4v) is 4.70. The molecule has 0 saturated heterocycles. The molecule has 1 aliphatic carbocycles. The summed E-state index contributed by atoms with van der Waals surface area (Å²) in [6, 6.07) is 6.09. The molecule has 0 amide bonds. The summed E-state index contributed by atoms with van der Waals surface area (Å²) < 4.78 is 1.72. The van der Waals surface area contributed by atoms with Crippen molar-refractivity contribution < 1.29 is 0 Å². The van der Waals surface area contributed by atoms with Crippen molar-refractivity contribution in [3.05, 3.63) is 56.4 Å². The Balaban J connectivity index is 1.83. The van der Waals surface area contributed by atoms with Crippen LogP contribution in [0.3, 0.4) is 0 Å². The van der Waals surface area contributed by atoms with E-state index in [2.05, 4.69) is 9.98 Å². The Morgan fingerprint density at radius 3 is 3.08 bits per heavy atom. The molecule has 122 valence electrons. The summed E-state index contributed by atoms with van der Waals surface area (Å²) in [7, 11) is 0. The minimum absolute atomic E-state index is 0.0762.